The van der Waals surface area contributed by atoms with E-state index in [-0.39, 0.29) is 17.6 Å². The zero-order valence-corrected chi connectivity index (χ0v) is 25.6. The van der Waals surface area contributed by atoms with Gasteiger partial charge in [-0.15, -0.1) is 0 Å². The minimum atomic E-state index is -0.377. The average Bonchev–Trinajstić information content (AvgIpc) is 3.80. The lowest BCUT2D eigenvalue weighted by molar-refractivity contribution is 0.0162. The summed E-state index contributed by atoms with van der Waals surface area (Å²) in [7, 11) is 2.01. The Hall–Kier alpha value is -4.14. The van der Waals surface area contributed by atoms with Crippen molar-refractivity contribution in [3.8, 4) is 17.3 Å². The molecule has 3 fully saturated rings. The molecule has 3 aromatic heterocycles. The van der Waals surface area contributed by atoms with E-state index in [9.17, 15) is 15.2 Å². The number of aromatic nitrogens is 3. The number of anilines is 3. The number of hydrogen-bond donors (Lipinski definition) is 1. The van der Waals surface area contributed by atoms with E-state index in [2.05, 4.69) is 34.9 Å². The Kier molecular flexibility index (Phi) is 6.78. The number of aliphatic hydroxyl groups is 1. The number of amides is 2. The van der Waals surface area contributed by atoms with Crippen LogP contribution in [0.2, 0.25) is 0 Å². The molecule has 0 saturated carbocycles. The van der Waals surface area contributed by atoms with Gasteiger partial charge in [-0.25, -0.2) is 14.3 Å². The van der Waals surface area contributed by atoms with Crippen LogP contribution in [-0.4, -0.2) is 88.0 Å². The summed E-state index contributed by atoms with van der Waals surface area (Å²) in [5.74, 6) is 0. The molecule has 1 atom stereocenters. The van der Waals surface area contributed by atoms with Crippen molar-refractivity contribution in [3.63, 3.8) is 0 Å². The van der Waals surface area contributed by atoms with Gasteiger partial charge in [0, 0.05) is 56.1 Å². The normalized spacial score (nSPS) is 20.3. The van der Waals surface area contributed by atoms with Gasteiger partial charge in [0.1, 0.15) is 16.6 Å². The summed E-state index contributed by atoms with van der Waals surface area (Å²) < 4.78 is 1.94. The Morgan fingerprint density at radius 1 is 1.16 bits per heavy atom. The third-order valence-electron chi connectivity index (χ3n) is 9.31. The Bertz CT molecular complexity index is 1730. The van der Waals surface area contributed by atoms with Gasteiger partial charge in [-0.3, -0.25) is 0 Å². The first-order chi connectivity index (χ1) is 20.8. The van der Waals surface area contributed by atoms with Gasteiger partial charge < -0.3 is 24.7 Å². The lowest BCUT2D eigenvalue weighted by Gasteiger charge is -2.38. The van der Waals surface area contributed by atoms with Crippen molar-refractivity contribution in [2.24, 2.45) is 5.41 Å². The van der Waals surface area contributed by atoms with Gasteiger partial charge in [0.15, 0.2) is 5.13 Å². The maximum Gasteiger partial charge on any atom is 0.320 e. The Morgan fingerprint density at radius 3 is 2.65 bits per heavy atom. The number of aliphatic hydroxyl groups excluding tert-OH is 1. The fourth-order valence-electron chi connectivity index (χ4n) is 6.80. The lowest BCUT2D eigenvalue weighted by Crippen LogP contribution is -2.57. The van der Waals surface area contributed by atoms with Gasteiger partial charge in [-0.2, -0.15) is 10.4 Å². The van der Waals surface area contributed by atoms with Crippen molar-refractivity contribution < 1.29 is 9.90 Å². The van der Waals surface area contributed by atoms with Gasteiger partial charge in [-0.05, 0) is 38.3 Å². The minimum absolute atomic E-state index is 0.0633. The number of urea groups is 1. The molecule has 1 unspecified atom stereocenters. The average molecular weight is 597 g/mol. The SMILES string of the molecule is CCc1nn2ccc(N3CCC4(CCN(C(=O)N5CC(O)C5)C4)C3)cc2c1N(C)c1nc(-c2ccc(C)cc2)c(C#N)s1. The summed E-state index contributed by atoms with van der Waals surface area (Å²) in [6.45, 7) is 8.45. The van der Waals surface area contributed by atoms with Crippen LogP contribution in [0.5, 0.6) is 0 Å². The van der Waals surface area contributed by atoms with Crippen LogP contribution in [0.4, 0.5) is 21.3 Å². The van der Waals surface area contributed by atoms with Crippen LogP contribution in [0, 0.1) is 23.7 Å². The second-order valence-corrected chi connectivity index (χ2v) is 13.2. The number of fused-ring (bicyclic) bond motifs is 1. The summed E-state index contributed by atoms with van der Waals surface area (Å²) in [6, 6.07) is 14.9. The molecular weight excluding hydrogens is 560 g/mol. The molecule has 6 heterocycles. The van der Waals surface area contributed by atoms with Crippen molar-refractivity contribution in [1.82, 2.24) is 24.4 Å². The number of rotatable bonds is 5. The van der Waals surface area contributed by atoms with Gasteiger partial charge in [0.2, 0.25) is 0 Å². The Labute approximate surface area is 255 Å². The summed E-state index contributed by atoms with van der Waals surface area (Å²) >= 11 is 1.40. The minimum Gasteiger partial charge on any atom is -0.389 e. The maximum atomic E-state index is 12.9. The highest BCUT2D eigenvalue weighted by Gasteiger charge is 2.46. The van der Waals surface area contributed by atoms with Crippen LogP contribution in [-0.2, 0) is 6.42 Å². The fourth-order valence-corrected chi connectivity index (χ4v) is 7.65. The maximum absolute atomic E-state index is 12.9. The molecule has 43 heavy (non-hydrogen) atoms. The van der Waals surface area contributed by atoms with Gasteiger partial charge >= 0.3 is 6.03 Å². The van der Waals surface area contributed by atoms with E-state index in [1.54, 1.807) is 4.90 Å². The molecule has 1 aromatic carbocycles. The van der Waals surface area contributed by atoms with E-state index in [0.717, 1.165) is 78.7 Å². The van der Waals surface area contributed by atoms with E-state index in [1.165, 1.54) is 16.9 Å². The quantitative estimate of drug-likeness (QED) is 0.357. The highest BCUT2D eigenvalue weighted by atomic mass is 32.1. The number of β-amino-alcohol motifs (C(OH)–C–C–N with tert-alkyl or cyclic N) is 1. The highest BCUT2D eigenvalue weighted by molar-refractivity contribution is 7.16. The Morgan fingerprint density at radius 2 is 1.93 bits per heavy atom. The van der Waals surface area contributed by atoms with Crippen molar-refractivity contribution in [3.05, 3.63) is 58.7 Å². The first-order valence-electron chi connectivity index (χ1n) is 15.0. The van der Waals surface area contributed by atoms with Crippen LogP contribution < -0.4 is 9.80 Å². The Balaban J connectivity index is 1.15. The summed E-state index contributed by atoms with van der Waals surface area (Å²) in [6.07, 6.45) is 4.48. The fraction of sp³-hybridized carbons (Fsp3) is 0.438. The summed E-state index contributed by atoms with van der Waals surface area (Å²) in [5.41, 5.74) is 7.04. The van der Waals surface area contributed by atoms with Crippen molar-refractivity contribution in [2.75, 3.05) is 56.1 Å². The van der Waals surface area contributed by atoms with E-state index in [4.69, 9.17) is 10.1 Å². The summed E-state index contributed by atoms with van der Waals surface area (Å²) in [5, 5.41) is 25.2. The van der Waals surface area contributed by atoms with Crippen molar-refractivity contribution in [2.45, 2.75) is 39.2 Å². The second kappa shape index (κ2) is 10.5. The largest absolute Gasteiger partial charge is 0.389 e. The van der Waals surface area contributed by atoms with Gasteiger partial charge in [0.05, 0.1) is 36.1 Å². The van der Waals surface area contributed by atoms with E-state index < -0.39 is 0 Å². The molecule has 0 aliphatic carbocycles. The van der Waals surface area contributed by atoms with E-state index >= 15 is 0 Å². The topological polar surface area (TPSA) is 104 Å². The van der Waals surface area contributed by atoms with E-state index in [1.807, 2.05) is 53.8 Å². The molecular formula is C32H36N8O2S. The predicted molar refractivity (Wildman–Crippen MR) is 168 cm³/mol. The first-order valence-corrected chi connectivity index (χ1v) is 15.8. The number of carbonyl (C=O) groups excluding carboxylic acids is 1. The number of nitriles is 1. The summed E-state index contributed by atoms with van der Waals surface area (Å²) in [4.78, 5) is 26.7. The lowest BCUT2D eigenvalue weighted by atomic mass is 9.86. The molecule has 4 aromatic rings. The molecule has 0 radical (unpaired) electrons. The molecule has 1 N–H and O–H groups in total. The van der Waals surface area contributed by atoms with Crippen LogP contribution in [0.3, 0.4) is 0 Å². The standard InChI is InChI=1S/C32H36N8O2S/c1-4-25-29(36(3)30-34-28(27(16-33)43-30)22-7-5-21(2)6-8-22)26-15-23(9-12-40(26)35-25)37-13-10-32(19-37)11-14-38(20-32)31(42)39-17-24(41)18-39/h5-9,12,15,24,41H,4,10-11,13-14,17-20H2,1-3H3. The number of pyridine rings is 1. The highest BCUT2D eigenvalue weighted by Crippen LogP contribution is 2.43. The molecule has 11 heteroatoms. The molecule has 3 saturated heterocycles. The van der Waals surface area contributed by atoms with Crippen LogP contribution in [0.25, 0.3) is 16.8 Å². The zero-order valence-electron chi connectivity index (χ0n) is 24.8. The van der Waals surface area contributed by atoms with Gasteiger partial charge in [-0.1, -0.05) is 48.1 Å². The molecule has 2 amide bonds. The monoisotopic (exact) mass is 596 g/mol. The zero-order chi connectivity index (χ0) is 29.9. The molecule has 1 spiro atoms. The van der Waals surface area contributed by atoms with Crippen LogP contribution in [0.15, 0.2) is 42.6 Å². The molecule has 222 valence electrons. The number of carbonyl (C=O) groups is 1. The van der Waals surface area contributed by atoms with Crippen LogP contribution >= 0.6 is 11.3 Å². The number of aryl methyl sites for hydroxylation is 2. The number of benzene rings is 1. The van der Waals surface area contributed by atoms with Gasteiger partial charge in [0.25, 0.3) is 0 Å². The van der Waals surface area contributed by atoms with Crippen molar-refractivity contribution in [1.29, 1.82) is 5.26 Å². The second-order valence-electron chi connectivity index (χ2n) is 12.3. The van der Waals surface area contributed by atoms with E-state index in [0.29, 0.717) is 23.7 Å². The first kappa shape index (κ1) is 27.7. The predicted octanol–water partition coefficient (Wildman–Crippen LogP) is 4.67. The third kappa shape index (κ3) is 4.79. The number of thiazole rings is 1. The molecule has 10 nitrogen and oxygen atoms in total. The molecule has 7 rings (SSSR count). The number of likely N-dealkylation sites (tertiary alicyclic amines) is 2. The van der Waals surface area contributed by atoms with Crippen molar-refractivity contribution >= 4 is 39.4 Å². The van der Waals surface area contributed by atoms with Crippen LogP contribution in [0.1, 0.15) is 35.9 Å². The molecule has 0 bridgehead atoms. The molecule has 3 aliphatic rings. The molecule has 3 aliphatic heterocycles. The number of nitrogens with zero attached hydrogens (tertiary/aromatic N) is 8. The number of hydrogen-bond acceptors (Lipinski definition) is 8. The smallest absolute Gasteiger partial charge is 0.320 e. The third-order valence-corrected chi connectivity index (χ3v) is 10.3.